The summed E-state index contributed by atoms with van der Waals surface area (Å²) in [5, 5.41) is -0.149. The number of nitrogens with zero attached hydrogens (tertiary/aromatic N) is 2. The standard InChI is InChI=1S/C14H9ClFN3O/c15-13-12(4-2-9(17)14(13)16)20-8-1-3-10-11(7-8)19-6-5-18-10/h1-7H,17H2. The normalized spacial score (nSPS) is 10.7. The first-order valence-electron chi connectivity index (χ1n) is 5.77. The zero-order valence-electron chi connectivity index (χ0n) is 10.2. The number of aromatic nitrogens is 2. The van der Waals surface area contributed by atoms with Gasteiger partial charge in [0.2, 0.25) is 0 Å². The maximum Gasteiger partial charge on any atom is 0.168 e. The summed E-state index contributed by atoms with van der Waals surface area (Å²) < 4.78 is 19.1. The number of anilines is 1. The predicted octanol–water partition coefficient (Wildman–Crippen LogP) is 3.80. The van der Waals surface area contributed by atoms with Gasteiger partial charge in [-0.2, -0.15) is 0 Å². The summed E-state index contributed by atoms with van der Waals surface area (Å²) in [6, 6.07) is 8.09. The van der Waals surface area contributed by atoms with E-state index in [-0.39, 0.29) is 16.5 Å². The summed E-state index contributed by atoms with van der Waals surface area (Å²) in [5.41, 5.74) is 6.83. The Labute approximate surface area is 119 Å². The SMILES string of the molecule is Nc1ccc(Oc2ccc3nccnc3c2)c(Cl)c1F. The Hall–Kier alpha value is -2.40. The van der Waals surface area contributed by atoms with Crippen LogP contribution in [-0.4, -0.2) is 9.97 Å². The van der Waals surface area contributed by atoms with Crippen LogP contribution in [0.25, 0.3) is 11.0 Å². The lowest BCUT2D eigenvalue weighted by molar-refractivity contribution is 0.478. The van der Waals surface area contributed by atoms with Crippen molar-refractivity contribution in [3.05, 3.63) is 53.6 Å². The molecule has 0 saturated heterocycles. The van der Waals surface area contributed by atoms with Gasteiger partial charge in [0.05, 0.1) is 16.7 Å². The number of rotatable bonds is 2. The van der Waals surface area contributed by atoms with Crippen molar-refractivity contribution in [3.8, 4) is 11.5 Å². The Kier molecular flexibility index (Phi) is 3.12. The monoisotopic (exact) mass is 289 g/mol. The van der Waals surface area contributed by atoms with Gasteiger partial charge in [-0.15, -0.1) is 0 Å². The van der Waals surface area contributed by atoms with Crippen LogP contribution in [0.2, 0.25) is 5.02 Å². The minimum atomic E-state index is -0.690. The van der Waals surface area contributed by atoms with Gasteiger partial charge >= 0.3 is 0 Å². The second-order valence-corrected chi connectivity index (χ2v) is 4.47. The van der Waals surface area contributed by atoms with Gasteiger partial charge in [0.15, 0.2) is 5.82 Å². The van der Waals surface area contributed by atoms with Crippen molar-refractivity contribution in [1.29, 1.82) is 0 Å². The number of benzene rings is 2. The lowest BCUT2D eigenvalue weighted by atomic mass is 10.2. The fourth-order valence-electron chi connectivity index (χ4n) is 1.76. The van der Waals surface area contributed by atoms with Gasteiger partial charge in [-0.1, -0.05) is 11.6 Å². The minimum absolute atomic E-state index is 0.0215. The van der Waals surface area contributed by atoms with E-state index >= 15 is 0 Å². The molecule has 3 rings (SSSR count). The lowest BCUT2D eigenvalue weighted by Crippen LogP contribution is -1.94. The molecule has 0 saturated carbocycles. The third kappa shape index (κ3) is 2.23. The molecule has 20 heavy (non-hydrogen) atoms. The Morgan fingerprint density at radius 3 is 2.60 bits per heavy atom. The zero-order chi connectivity index (χ0) is 14.1. The summed E-state index contributed by atoms with van der Waals surface area (Å²) in [6.45, 7) is 0. The number of fused-ring (bicyclic) bond motifs is 1. The molecule has 0 aliphatic rings. The third-order valence-electron chi connectivity index (χ3n) is 2.75. The van der Waals surface area contributed by atoms with Crippen molar-refractivity contribution in [1.82, 2.24) is 9.97 Å². The van der Waals surface area contributed by atoms with Gasteiger partial charge in [0.1, 0.15) is 16.5 Å². The quantitative estimate of drug-likeness (QED) is 0.729. The van der Waals surface area contributed by atoms with Crippen molar-refractivity contribution < 1.29 is 9.13 Å². The van der Waals surface area contributed by atoms with Crippen molar-refractivity contribution in [2.75, 3.05) is 5.73 Å². The molecule has 3 aromatic rings. The predicted molar refractivity (Wildman–Crippen MR) is 75.4 cm³/mol. The van der Waals surface area contributed by atoms with Gasteiger partial charge in [-0.25, -0.2) is 4.39 Å². The summed E-state index contributed by atoms with van der Waals surface area (Å²) in [6.07, 6.45) is 3.19. The van der Waals surface area contributed by atoms with Crippen molar-refractivity contribution in [3.63, 3.8) is 0 Å². The molecular weight excluding hydrogens is 281 g/mol. The van der Waals surface area contributed by atoms with E-state index in [0.717, 1.165) is 5.52 Å². The minimum Gasteiger partial charge on any atom is -0.456 e. The van der Waals surface area contributed by atoms with Gasteiger partial charge in [-0.3, -0.25) is 9.97 Å². The molecule has 0 unspecified atom stereocenters. The molecule has 0 amide bonds. The van der Waals surface area contributed by atoms with Crippen LogP contribution in [0, 0.1) is 5.82 Å². The molecule has 100 valence electrons. The highest BCUT2D eigenvalue weighted by atomic mass is 35.5. The van der Waals surface area contributed by atoms with E-state index in [4.69, 9.17) is 22.1 Å². The fraction of sp³-hybridized carbons (Fsp3) is 0. The van der Waals surface area contributed by atoms with Crippen LogP contribution >= 0.6 is 11.6 Å². The van der Waals surface area contributed by atoms with E-state index < -0.39 is 5.82 Å². The number of ether oxygens (including phenoxy) is 1. The van der Waals surface area contributed by atoms with E-state index in [2.05, 4.69) is 9.97 Å². The van der Waals surface area contributed by atoms with E-state index in [0.29, 0.717) is 11.3 Å². The maximum absolute atomic E-state index is 13.6. The smallest absolute Gasteiger partial charge is 0.168 e. The topological polar surface area (TPSA) is 61.0 Å². The van der Waals surface area contributed by atoms with Crippen molar-refractivity contribution >= 4 is 28.3 Å². The van der Waals surface area contributed by atoms with Crippen LogP contribution in [0.3, 0.4) is 0 Å². The third-order valence-corrected chi connectivity index (χ3v) is 3.10. The molecule has 6 heteroatoms. The first-order valence-corrected chi connectivity index (χ1v) is 6.15. The largest absolute Gasteiger partial charge is 0.456 e. The number of nitrogens with two attached hydrogens (primary N) is 1. The molecule has 2 N–H and O–H groups in total. The van der Waals surface area contributed by atoms with Gasteiger partial charge < -0.3 is 10.5 Å². The molecule has 0 bridgehead atoms. The number of hydrogen-bond donors (Lipinski definition) is 1. The van der Waals surface area contributed by atoms with Crippen molar-refractivity contribution in [2.24, 2.45) is 0 Å². The van der Waals surface area contributed by atoms with Gasteiger partial charge in [0.25, 0.3) is 0 Å². The number of halogens is 2. The number of hydrogen-bond acceptors (Lipinski definition) is 4. The maximum atomic E-state index is 13.6. The summed E-state index contributed by atoms with van der Waals surface area (Å²) >= 11 is 5.86. The molecule has 2 aromatic carbocycles. The van der Waals surface area contributed by atoms with E-state index in [1.54, 1.807) is 30.6 Å². The Bertz CT molecular complexity index is 794. The molecule has 0 aliphatic heterocycles. The lowest BCUT2D eigenvalue weighted by Gasteiger charge is -2.09. The van der Waals surface area contributed by atoms with E-state index in [1.807, 2.05) is 0 Å². The second-order valence-electron chi connectivity index (χ2n) is 4.09. The molecule has 1 heterocycles. The Balaban J connectivity index is 1.99. The van der Waals surface area contributed by atoms with Crippen LogP contribution in [0.5, 0.6) is 11.5 Å². The van der Waals surface area contributed by atoms with Crippen LogP contribution in [0.4, 0.5) is 10.1 Å². The molecule has 0 aliphatic carbocycles. The molecule has 0 spiro atoms. The highest BCUT2D eigenvalue weighted by Gasteiger charge is 2.11. The van der Waals surface area contributed by atoms with Crippen LogP contribution in [0.1, 0.15) is 0 Å². The second kappa shape index (κ2) is 4.94. The van der Waals surface area contributed by atoms with Gasteiger partial charge in [-0.05, 0) is 24.3 Å². The molecule has 4 nitrogen and oxygen atoms in total. The fourth-order valence-corrected chi connectivity index (χ4v) is 1.97. The summed E-state index contributed by atoms with van der Waals surface area (Å²) in [7, 11) is 0. The van der Waals surface area contributed by atoms with Crippen LogP contribution in [0.15, 0.2) is 42.7 Å². The van der Waals surface area contributed by atoms with Gasteiger partial charge in [0, 0.05) is 18.5 Å². The van der Waals surface area contributed by atoms with Crippen molar-refractivity contribution in [2.45, 2.75) is 0 Å². The average molecular weight is 290 g/mol. The molecule has 0 fully saturated rings. The molecule has 1 aromatic heterocycles. The summed E-state index contributed by atoms with van der Waals surface area (Å²) in [5.74, 6) is -0.00424. The zero-order valence-corrected chi connectivity index (χ0v) is 10.9. The summed E-state index contributed by atoms with van der Waals surface area (Å²) in [4.78, 5) is 8.32. The highest BCUT2D eigenvalue weighted by molar-refractivity contribution is 6.32. The molecular formula is C14H9ClFN3O. The Morgan fingerprint density at radius 2 is 1.80 bits per heavy atom. The molecule has 0 radical (unpaired) electrons. The van der Waals surface area contributed by atoms with E-state index in [9.17, 15) is 4.39 Å². The average Bonchev–Trinajstić information content (AvgIpc) is 2.48. The highest BCUT2D eigenvalue weighted by Crippen LogP contribution is 2.34. The van der Waals surface area contributed by atoms with E-state index in [1.165, 1.54) is 12.1 Å². The first-order chi connectivity index (χ1) is 9.65. The Morgan fingerprint density at radius 1 is 1.05 bits per heavy atom. The number of nitrogen functional groups attached to an aromatic ring is 1. The first kappa shape index (κ1) is 12.6. The van der Waals surface area contributed by atoms with Crippen LogP contribution in [-0.2, 0) is 0 Å². The van der Waals surface area contributed by atoms with Crippen LogP contribution < -0.4 is 10.5 Å². The molecule has 0 atom stereocenters.